The number of piperazine rings is 1. The van der Waals surface area contributed by atoms with Crippen LogP contribution in [0.1, 0.15) is 40.5 Å². The van der Waals surface area contributed by atoms with Crippen LogP contribution in [0.25, 0.3) is 0 Å². The summed E-state index contributed by atoms with van der Waals surface area (Å²) in [6.45, 7) is 2.81. The zero-order valence-corrected chi connectivity index (χ0v) is 11.8. The number of carboxylic acid groups (broad SMARTS) is 1. The lowest BCUT2D eigenvalue weighted by Crippen LogP contribution is -2.57. The molecule has 0 bridgehead atoms. The van der Waals surface area contributed by atoms with Gasteiger partial charge in [-0.2, -0.15) is 0 Å². The van der Waals surface area contributed by atoms with E-state index in [9.17, 15) is 14.4 Å². The Balaban J connectivity index is 2.26. The van der Waals surface area contributed by atoms with Crippen LogP contribution in [0.15, 0.2) is 24.3 Å². The molecule has 1 fully saturated rings. The van der Waals surface area contributed by atoms with E-state index in [-0.39, 0.29) is 17.4 Å². The third kappa shape index (κ3) is 3.21. The molecule has 1 aromatic rings. The van der Waals surface area contributed by atoms with E-state index in [1.165, 1.54) is 23.1 Å². The highest BCUT2D eigenvalue weighted by atomic mass is 16.4. The van der Waals surface area contributed by atoms with Gasteiger partial charge in [0.25, 0.3) is 5.91 Å². The average molecular weight is 290 g/mol. The first-order chi connectivity index (χ1) is 10.0. The third-order valence-corrected chi connectivity index (χ3v) is 3.51. The van der Waals surface area contributed by atoms with Gasteiger partial charge >= 0.3 is 5.97 Å². The molecule has 2 N–H and O–H groups in total. The van der Waals surface area contributed by atoms with Crippen LogP contribution in [0.2, 0.25) is 0 Å². The number of carbonyl (C=O) groups is 3. The molecule has 21 heavy (non-hydrogen) atoms. The highest BCUT2D eigenvalue weighted by Crippen LogP contribution is 2.16. The van der Waals surface area contributed by atoms with Gasteiger partial charge in [-0.25, -0.2) is 4.79 Å². The average Bonchev–Trinajstić information content (AvgIpc) is 2.49. The molecule has 1 aliphatic heterocycles. The Hall–Kier alpha value is -2.37. The molecule has 1 unspecified atom stereocenters. The third-order valence-electron chi connectivity index (χ3n) is 3.51. The number of rotatable bonds is 4. The number of nitrogens with zero attached hydrogens (tertiary/aromatic N) is 1. The van der Waals surface area contributed by atoms with Gasteiger partial charge < -0.3 is 15.3 Å². The summed E-state index contributed by atoms with van der Waals surface area (Å²) >= 11 is 0. The van der Waals surface area contributed by atoms with Crippen LogP contribution in [0, 0.1) is 0 Å². The minimum Gasteiger partial charge on any atom is -0.478 e. The molecule has 1 aromatic carbocycles. The molecule has 1 saturated heterocycles. The van der Waals surface area contributed by atoms with Crippen molar-refractivity contribution in [3.63, 3.8) is 0 Å². The number of amides is 2. The first-order valence-corrected chi connectivity index (χ1v) is 6.96. The standard InChI is InChI=1S/C15H18N2O4/c1-2-4-12-13(18)16-7-8-17(12)14(19)10-5-3-6-11(9-10)15(20)21/h3,5-6,9,12H,2,4,7-8H2,1H3,(H,16,18)(H,20,21). The number of benzene rings is 1. The SMILES string of the molecule is CCCC1C(=O)NCCN1C(=O)c1cccc(C(=O)O)c1. The quantitative estimate of drug-likeness (QED) is 0.870. The van der Waals surface area contributed by atoms with Crippen molar-refractivity contribution in [1.29, 1.82) is 0 Å². The molecule has 0 spiro atoms. The fraction of sp³-hybridized carbons (Fsp3) is 0.400. The second-order valence-electron chi connectivity index (χ2n) is 4.98. The van der Waals surface area contributed by atoms with Gasteiger partial charge in [0.1, 0.15) is 6.04 Å². The minimum atomic E-state index is -1.08. The lowest BCUT2D eigenvalue weighted by molar-refractivity contribution is -0.128. The summed E-state index contributed by atoms with van der Waals surface area (Å²) in [6, 6.07) is 5.41. The van der Waals surface area contributed by atoms with Gasteiger partial charge in [-0.3, -0.25) is 9.59 Å². The van der Waals surface area contributed by atoms with Crippen LogP contribution in [-0.2, 0) is 4.79 Å². The Morgan fingerprint density at radius 1 is 1.38 bits per heavy atom. The van der Waals surface area contributed by atoms with Gasteiger partial charge in [0.2, 0.25) is 5.91 Å². The van der Waals surface area contributed by atoms with Crippen molar-refractivity contribution in [2.45, 2.75) is 25.8 Å². The fourth-order valence-corrected chi connectivity index (χ4v) is 2.47. The molecule has 1 heterocycles. The van der Waals surface area contributed by atoms with Gasteiger partial charge in [-0.05, 0) is 24.6 Å². The Labute approximate surface area is 122 Å². The van der Waals surface area contributed by atoms with Crippen LogP contribution in [0.4, 0.5) is 0 Å². The molecule has 2 rings (SSSR count). The second kappa shape index (κ2) is 6.39. The molecule has 0 aliphatic carbocycles. The van der Waals surface area contributed by atoms with Gasteiger partial charge in [0.05, 0.1) is 5.56 Å². The number of carbonyl (C=O) groups excluding carboxylic acids is 2. The van der Waals surface area contributed by atoms with Crippen molar-refractivity contribution < 1.29 is 19.5 Å². The van der Waals surface area contributed by atoms with E-state index in [2.05, 4.69) is 5.32 Å². The zero-order chi connectivity index (χ0) is 15.4. The number of nitrogens with one attached hydrogen (secondary N) is 1. The van der Waals surface area contributed by atoms with Crippen molar-refractivity contribution in [3.05, 3.63) is 35.4 Å². The maximum Gasteiger partial charge on any atom is 0.335 e. The fourth-order valence-electron chi connectivity index (χ4n) is 2.47. The van der Waals surface area contributed by atoms with Crippen LogP contribution < -0.4 is 5.32 Å². The molecule has 112 valence electrons. The van der Waals surface area contributed by atoms with Crippen molar-refractivity contribution in [1.82, 2.24) is 10.2 Å². The zero-order valence-electron chi connectivity index (χ0n) is 11.8. The summed E-state index contributed by atoms with van der Waals surface area (Å²) in [4.78, 5) is 37.0. The van der Waals surface area contributed by atoms with Crippen molar-refractivity contribution in [3.8, 4) is 0 Å². The monoisotopic (exact) mass is 290 g/mol. The van der Waals surface area contributed by atoms with Gasteiger partial charge in [0, 0.05) is 18.7 Å². The van der Waals surface area contributed by atoms with Crippen LogP contribution in [0.5, 0.6) is 0 Å². The Morgan fingerprint density at radius 2 is 2.10 bits per heavy atom. The van der Waals surface area contributed by atoms with E-state index < -0.39 is 12.0 Å². The summed E-state index contributed by atoms with van der Waals surface area (Å²) in [5, 5.41) is 11.7. The molecule has 6 nitrogen and oxygen atoms in total. The van der Waals surface area contributed by atoms with E-state index in [1.807, 2.05) is 6.92 Å². The van der Waals surface area contributed by atoms with Crippen molar-refractivity contribution in [2.75, 3.05) is 13.1 Å². The van der Waals surface area contributed by atoms with E-state index in [4.69, 9.17) is 5.11 Å². The van der Waals surface area contributed by atoms with Crippen molar-refractivity contribution >= 4 is 17.8 Å². The Kier molecular flexibility index (Phi) is 4.57. The Bertz CT molecular complexity index is 571. The maximum atomic E-state index is 12.6. The van der Waals surface area contributed by atoms with E-state index in [1.54, 1.807) is 6.07 Å². The summed E-state index contributed by atoms with van der Waals surface area (Å²) in [6.07, 6.45) is 1.38. The number of hydrogen-bond donors (Lipinski definition) is 2. The van der Waals surface area contributed by atoms with Gasteiger partial charge in [-0.15, -0.1) is 0 Å². The van der Waals surface area contributed by atoms with E-state index in [0.29, 0.717) is 25.1 Å². The van der Waals surface area contributed by atoms with E-state index >= 15 is 0 Å². The normalized spacial score (nSPS) is 18.2. The summed E-state index contributed by atoms with van der Waals surface area (Å²) in [5.41, 5.74) is 0.361. The predicted octanol–water partition coefficient (Wildman–Crippen LogP) is 1.13. The molecule has 0 aromatic heterocycles. The molecular weight excluding hydrogens is 272 g/mol. The highest BCUT2D eigenvalue weighted by molar-refractivity contribution is 6.00. The smallest absolute Gasteiger partial charge is 0.335 e. The largest absolute Gasteiger partial charge is 0.478 e. The molecule has 0 saturated carbocycles. The molecule has 2 amide bonds. The van der Waals surface area contributed by atoms with Crippen molar-refractivity contribution in [2.24, 2.45) is 0 Å². The highest BCUT2D eigenvalue weighted by Gasteiger charge is 2.32. The van der Waals surface area contributed by atoms with Crippen LogP contribution >= 0.6 is 0 Å². The second-order valence-corrected chi connectivity index (χ2v) is 4.98. The molecule has 1 atom stereocenters. The minimum absolute atomic E-state index is 0.0642. The maximum absolute atomic E-state index is 12.6. The molecule has 1 aliphatic rings. The van der Waals surface area contributed by atoms with Crippen LogP contribution in [0.3, 0.4) is 0 Å². The molecule has 0 radical (unpaired) electrons. The summed E-state index contributed by atoms with van der Waals surface area (Å²) in [7, 11) is 0. The number of hydrogen-bond acceptors (Lipinski definition) is 3. The molecular formula is C15H18N2O4. The summed E-state index contributed by atoms with van der Waals surface area (Å²) < 4.78 is 0. The number of aromatic carboxylic acids is 1. The predicted molar refractivity (Wildman–Crippen MR) is 76.1 cm³/mol. The van der Waals surface area contributed by atoms with Crippen LogP contribution in [-0.4, -0.2) is 46.9 Å². The number of carboxylic acids is 1. The van der Waals surface area contributed by atoms with Gasteiger partial charge in [-0.1, -0.05) is 19.4 Å². The van der Waals surface area contributed by atoms with E-state index in [0.717, 1.165) is 6.42 Å². The first kappa shape index (κ1) is 15.0. The Morgan fingerprint density at radius 3 is 2.76 bits per heavy atom. The summed E-state index contributed by atoms with van der Waals surface area (Å²) in [5.74, 6) is -1.52. The lowest BCUT2D eigenvalue weighted by Gasteiger charge is -2.35. The topological polar surface area (TPSA) is 86.7 Å². The first-order valence-electron chi connectivity index (χ1n) is 6.96. The lowest BCUT2D eigenvalue weighted by atomic mass is 10.0. The molecule has 6 heteroatoms. The van der Waals surface area contributed by atoms with Gasteiger partial charge in [0.15, 0.2) is 0 Å².